The lowest BCUT2D eigenvalue weighted by Crippen LogP contribution is -1.93. The number of ether oxygens (including phenoxy) is 2. The van der Waals surface area contributed by atoms with Gasteiger partial charge in [0.15, 0.2) is 16.6 Å². The van der Waals surface area contributed by atoms with Crippen molar-refractivity contribution in [1.29, 1.82) is 0 Å². The minimum atomic E-state index is 0.285. The third kappa shape index (κ3) is 3.61. The van der Waals surface area contributed by atoms with Crippen molar-refractivity contribution in [3.05, 3.63) is 53.4 Å². The molecule has 0 fully saturated rings. The predicted octanol–water partition coefficient (Wildman–Crippen LogP) is 5.48. The Morgan fingerprint density at radius 2 is 1.88 bits per heavy atom. The first-order valence-corrected chi connectivity index (χ1v) is 9.27. The van der Waals surface area contributed by atoms with Crippen LogP contribution in [0, 0.1) is 5.92 Å². The fourth-order valence-corrected chi connectivity index (χ4v) is 3.58. The molecule has 0 saturated carbocycles. The summed E-state index contributed by atoms with van der Waals surface area (Å²) >= 11 is 1.59. The summed E-state index contributed by atoms with van der Waals surface area (Å²) in [6.07, 6.45) is 1.11. The van der Waals surface area contributed by atoms with Crippen molar-refractivity contribution in [3.63, 3.8) is 0 Å². The second kappa shape index (κ2) is 6.76. The fraction of sp³-hybridized carbons (Fsp3) is 0.250. The maximum Gasteiger partial charge on any atom is 0.231 e. The van der Waals surface area contributed by atoms with Crippen molar-refractivity contribution >= 4 is 22.2 Å². The van der Waals surface area contributed by atoms with E-state index in [1.807, 2.05) is 18.2 Å². The maximum atomic E-state index is 5.41. The SMILES string of the molecule is CC(C)Cc1ccc(-c2csc(Nc3ccc4c(c3)OCO4)n2)cc1. The molecule has 0 bridgehead atoms. The molecule has 0 saturated heterocycles. The summed E-state index contributed by atoms with van der Waals surface area (Å²) in [6.45, 7) is 4.76. The van der Waals surface area contributed by atoms with Crippen LogP contribution in [0.5, 0.6) is 11.5 Å². The molecule has 1 aliphatic heterocycles. The summed E-state index contributed by atoms with van der Waals surface area (Å²) in [7, 11) is 0. The van der Waals surface area contributed by atoms with E-state index in [0.29, 0.717) is 5.92 Å². The van der Waals surface area contributed by atoms with E-state index in [2.05, 4.69) is 48.8 Å². The van der Waals surface area contributed by atoms with Crippen molar-refractivity contribution in [3.8, 4) is 22.8 Å². The van der Waals surface area contributed by atoms with E-state index in [9.17, 15) is 0 Å². The van der Waals surface area contributed by atoms with Crippen LogP contribution in [-0.2, 0) is 6.42 Å². The molecule has 1 aromatic heterocycles. The second-order valence-electron chi connectivity index (χ2n) is 6.53. The number of rotatable bonds is 5. The Bertz CT molecular complexity index is 872. The average molecular weight is 352 g/mol. The van der Waals surface area contributed by atoms with Gasteiger partial charge in [-0.15, -0.1) is 11.3 Å². The van der Waals surface area contributed by atoms with E-state index < -0.39 is 0 Å². The van der Waals surface area contributed by atoms with Gasteiger partial charge in [0.2, 0.25) is 6.79 Å². The Morgan fingerprint density at radius 1 is 1.08 bits per heavy atom. The van der Waals surface area contributed by atoms with Gasteiger partial charge in [0.25, 0.3) is 0 Å². The molecule has 4 nitrogen and oxygen atoms in total. The van der Waals surface area contributed by atoms with Crippen LogP contribution in [0.15, 0.2) is 47.8 Å². The zero-order valence-electron chi connectivity index (χ0n) is 14.3. The lowest BCUT2D eigenvalue weighted by atomic mass is 10.0. The molecule has 1 aliphatic rings. The molecule has 0 amide bonds. The Kier molecular flexibility index (Phi) is 4.32. The van der Waals surface area contributed by atoms with Gasteiger partial charge in [-0.2, -0.15) is 0 Å². The monoisotopic (exact) mass is 352 g/mol. The summed E-state index contributed by atoms with van der Waals surface area (Å²) in [5.74, 6) is 2.22. The highest BCUT2D eigenvalue weighted by Gasteiger charge is 2.14. The highest BCUT2D eigenvalue weighted by Crippen LogP contribution is 2.36. The molecule has 2 aromatic carbocycles. The minimum Gasteiger partial charge on any atom is -0.454 e. The van der Waals surface area contributed by atoms with Crippen LogP contribution in [0.25, 0.3) is 11.3 Å². The number of nitrogens with one attached hydrogen (secondary N) is 1. The van der Waals surface area contributed by atoms with Crippen molar-refractivity contribution in [1.82, 2.24) is 4.98 Å². The molecular weight excluding hydrogens is 332 g/mol. The predicted molar refractivity (Wildman–Crippen MR) is 102 cm³/mol. The Hall–Kier alpha value is -2.53. The van der Waals surface area contributed by atoms with E-state index in [1.165, 1.54) is 5.56 Å². The van der Waals surface area contributed by atoms with Gasteiger partial charge in [0, 0.05) is 22.7 Å². The highest BCUT2D eigenvalue weighted by molar-refractivity contribution is 7.14. The Labute approximate surface area is 151 Å². The molecule has 0 aliphatic carbocycles. The van der Waals surface area contributed by atoms with Gasteiger partial charge in [-0.05, 0) is 30.0 Å². The first kappa shape index (κ1) is 16.0. The van der Waals surface area contributed by atoms with Gasteiger partial charge in [0.05, 0.1) is 5.69 Å². The first-order chi connectivity index (χ1) is 12.2. The molecule has 3 aromatic rings. The minimum absolute atomic E-state index is 0.285. The van der Waals surface area contributed by atoms with E-state index >= 15 is 0 Å². The molecule has 25 heavy (non-hydrogen) atoms. The largest absolute Gasteiger partial charge is 0.454 e. The second-order valence-corrected chi connectivity index (χ2v) is 7.38. The molecule has 0 atom stereocenters. The summed E-state index contributed by atoms with van der Waals surface area (Å²) < 4.78 is 10.7. The molecule has 5 heteroatoms. The van der Waals surface area contributed by atoms with Crippen LogP contribution in [0.2, 0.25) is 0 Å². The third-order valence-electron chi connectivity index (χ3n) is 4.02. The van der Waals surface area contributed by atoms with Crippen LogP contribution in [0.1, 0.15) is 19.4 Å². The van der Waals surface area contributed by atoms with E-state index in [1.54, 1.807) is 11.3 Å². The molecule has 2 heterocycles. The van der Waals surface area contributed by atoms with Gasteiger partial charge in [-0.25, -0.2) is 4.98 Å². The summed E-state index contributed by atoms with van der Waals surface area (Å²) in [5.41, 5.74) is 4.44. The number of hydrogen-bond donors (Lipinski definition) is 1. The van der Waals surface area contributed by atoms with E-state index in [4.69, 9.17) is 14.5 Å². The van der Waals surface area contributed by atoms with Crippen molar-refractivity contribution in [2.75, 3.05) is 12.1 Å². The number of fused-ring (bicyclic) bond motifs is 1. The van der Waals surface area contributed by atoms with Crippen LogP contribution >= 0.6 is 11.3 Å². The number of benzene rings is 2. The standard InChI is InChI=1S/C20H20N2O2S/c1-13(2)9-14-3-5-15(6-4-14)17-11-25-20(22-17)21-16-7-8-18-19(10-16)24-12-23-18/h3-8,10-11,13H,9,12H2,1-2H3,(H,21,22). The van der Waals surface area contributed by atoms with E-state index in [-0.39, 0.29) is 6.79 Å². The normalized spacial score (nSPS) is 12.6. The number of anilines is 2. The average Bonchev–Trinajstić information content (AvgIpc) is 3.24. The lowest BCUT2D eigenvalue weighted by Gasteiger charge is -2.05. The zero-order chi connectivity index (χ0) is 17.2. The Balaban J connectivity index is 1.48. The molecule has 0 spiro atoms. The quantitative estimate of drug-likeness (QED) is 0.660. The van der Waals surface area contributed by atoms with Crippen LogP contribution in [-0.4, -0.2) is 11.8 Å². The Morgan fingerprint density at radius 3 is 2.68 bits per heavy atom. The molecule has 4 rings (SSSR count). The molecule has 0 unspecified atom stereocenters. The lowest BCUT2D eigenvalue weighted by molar-refractivity contribution is 0.174. The smallest absolute Gasteiger partial charge is 0.231 e. The molecule has 0 radical (unpaired) electrons. The first-order valence-electron chi connectivity index (χ1n) is 8.39. The van der Waals surface area contributed by atoms with Crippen LogP contribution in [0.4, 0.5) is 10.8 Å². The van der Waals surface area contributed by atoms with Gasteiger partial charge in [-0.1, -0.05) is 38.1 Å². The maximum absolute atomic E-state index is 5.41. The number of nitrogens with zero attached hydrogens (tertiary/aromatic N) is 1. The summed E-state index contributed by atoms with van der Waals surface area (Å²) in [6, 6.07) is 14.5. The number of hydrogen-bond acceptors (Lipinski definition) is 5. The number of aromatic nitrogens is 1. The molecule has 1 N–H and O–H groups in total. The van der Waals surface area contributed by atoms with Gasteiger partial charge >= 0.3 is 0 Å². The number of thiazole rings is 1. The van der Waals surface area contributed by atoms with Crippen LogP contribution < -0.4 is 14.8 Å². The fourth-order valence-electron chi connectivity index (χ4n) is 2.84. The zero-order valence-corrected chi connectivity index (χ0v) is 15.1. The topological polar surface area (TPSA) is 43.4 Å². The molecular formula is C20H20N2O2S. The highest BCUT2D eigenvalue weighted by atomic mass is 32.1. The van der Waals surface area contributed by atoms with Gasteiger partial charge in [-0.3, -0.25) is 0 Å². The van der Waals surface area contributed by atoms with Crippen LogP contribution in [0.3, 0.4) is 0 Å². The van der Waals surface area contributed by atoms with Crippen molar-refractivity contribution < 1.29 is 9.47 Å². The van der Waals surface area contributed by atoms with Crippen molar-refractivity contribution in [2.45, 2.75) is 20.3 Å². The summed E-state index contributed by atoms with van der Waals surface area (Å²) in [4.78, 5) is 4.70. The van der Waals surface area contributed by atoms with Crippen molar-refractivity contribution in [2.24, 2.45) is 5.92 Å². The summed E-state index contributed by atoms with van der Waals surface area (Å²) in [5, 5.41) is 6.27. The van der Waals surface area contributed by atoms with Gasteiger partial charge in [0.1, 0.15) is 0 Å². The molecule has 128 valence electrons. The third-order valence-corrected chi connectivity index (χ3v) is 4.78. The van der Waals surface area contributed by atoms with Gasteiger partial charge < -0.3 is 14.8 Å². The van der Waals surface area contributed by atoms with E-state index in [0.717, 1.165) is 40.0 Å².